The average molecular weight is 559 g/mol. The highest BCUT2D eigenvalue weighted by molar-refractivity contribution is 6.01. The predicted molar refractivity (Wildman–Crippen MR) is 157 cm³/mol. The van der Waals surface area contributed by atoms with Crippen LogP contribution in [-0.2, 0) is 17.8 Å². The third kappa shape index (κ3) is 5.73. The maximum atomic E-state index is 13.4. The summed E-state index contributed by atoms with van der Waals surface area (Å²) < 4.78 is 15.8. The van der Waals surface area contributed by atoms with E-state index in [1.807, 2.05) is 35.2 Å². The van der Waals surface area contributed by atoms with E-state index in [-0.39, 0.29) is 17.8 Å². The molecule has 8 nitrogen and oxygen atoms in total. The first-order chi connectivity index (χ1) is 19.9. The maximum Gasteiger partial charge on any atom is 0.326 e. The quantitative estimate of drug-likeness (QED) is 0.414. The molecule has 6 rings (SSSR count). The van der Waals surface area contributed by atoms with Gasteiger partial charge in [0.15, 0.2) is 0 Å². The van der Waals surface area contributed by atoms with Crippen molar-refractivity contribution in [2.24, 2.45) is 0 Å². The van der Waals surface area contributed by atoms with Crippen LogP contribution in [0, 0.1) is 12.7 Å². The number of anilines is 2. The first kappa shape index (κ1) is 27.4. The number of para-hydroxylation sites is 1. The molecule has 3 amide bonds. The Bertz CT molecular complexity index is 1380. The molecule has 0 radical (unpaired) electrons. The first-order valence-electron chi connectivity index (χ1n) is 14.8. The number of benzene rings is 2. The Labute approximate surface area is 241 Å². The van der Waals surface area contributed by atoms with Crippen LogP contribution in [0.25, 0.3) is 0 Å². The molecule has 3 aliphatic rings. The molecule has 1 N–H and O–H groups in total. The number of carbonyl (C=O) groups excluding carboxylic acids is 2. The second-order valence-electron chi connectivity index (χ2n) is 11.6. The van der Waals surface area contributed by atoms with E-state index in [9.17, 15) is 14.0 Å². The van der Waals surface area contributed by atoms with Crippen LogP contribution in [0.4, 0.5) is 20.6 Å². The van der Waals surface area contributed by atoms with Gasteiger partial charge in [-0.3, -0.25) is 14.6 Å². The minimum absolute atomic E-state index is 0.118. The van der Waals surface area contributed by atoms with Gasteiger partial charge in [-0.25, -0.2) is 14.2 Å². The number of carbonyl (C=O) groups is 2. The van der Waals surface area contributed by atoms with Crippen molar-refractivity contribution >= 4 is 23.3 Å². The normalized spacial score (nSPS) is 21.9. The van der Waals surface area contributed by atoms with E-state index in [2.05, 4.69) is 21.7 Å². The van der Waals surface area contributed by atoms with Crippen molar-refractivity contribution < 1.29 is 14.0 Å². The van der Waals surface area contributed by atoms with Gasteiger partial charge >= 0.3 is 6.03 Å². The lowest BCUT2D eigenvalue weighted by Crippen LogP contribution is -2.45. The summed E-state index contributed by atoms with van der Waals surface area (Å²) in [5.41, 5.74) is 3.81. The van der Waals surface area contributed by atoms with Crippen LogP contribution in [0.3, 0.4) is 0 Å². The first-order valence-corrected chi connectivity index (χ1v) is 14.8. The minimum atomic E-state index is -0.330. The molecule has 0 unspecified atom stereocenters. The van der Waals surface area contributed by atoms with E-state index in [4.69, 9.17) is 4.98 Å². The fourth-order valence-electron chi connectivity index (χ4n) is 7.21. The number of urea groups is 1. The molecule has 2 bridgehead atoms. The lowest BCUT2D eigenvalue weighted by molar-refractivity contribution is -0.129. The Balaban J connectivity index is 1.10. The second-order valence-corrected chi connectivity index (χ2v) is 11.6. The van der Waals surface area contributed by atoms with Crippen molar-refractivity contribution in [2.75, 3.05) is 29.9 Å². The molecule has 2 saturated heterocycles. The fraction of sp³-hybridized carbons (Fsp3) is 0.469. The summed E-state index contributed by atoms with van der Waals surface area (Å²) in [5.74, 6) is 0.862. The number of fused-ring (bicyclic) bond motifs is 3. The van der Waals surface area contributed by atoms with Crippen LogP contribution in [0.2, 0.25) is 0 Å². The molecule has 1 aromatic heterocycles. The predicted octanol–water partition coefficient (Wildman–Crippen LogP) is 5.53. The number of rotatable bonds is 7. The highest BCUT2D eigenvalue weighted by atomic mass is 19.1. The van der Waals surface area contributed by atoms with Crippen LogP contribution in [0.5, 0.6) is 0 Å². The molecule has 41 heavy (non-hydrogen) atoms. The van der Waals surface area contributed by atoms with Gasteiger partial charge < -0.3 is 14.8 Å². The van der Waals surface area contributed by atoms with Crippen LogP contribution in [0.15, 0.2) is 54.6 Å². The number of nitrogens with one attached hydrogen (secondary N) is 1. The molecule has 0 aliphatic carbocycles. The molecule has 0 spiro atoms. The largest absolute Gasteiger partial charge is 0.337 e. The number of aromatic nitrogens is 2. The Kier molecular flexibility index (Phi) is 7.79. The molecule has 9 heteroatoms. The number of hydrogen-bond donors (Lipinski definition) is 1. The Hall–Kier alpha value is -3.72. The smallest absolute Gasteiger partial charge is 0.326 e. The molecular weight excluding hydrogens is 519 g/mol. The number of hydrogen-bond acceptors (Lipinski definition) is 4. The average Bonchev–Trinajstić information content (AvgIpc) is 3.42. The second kappa shape index (κ2) is 11.6. The third-order valence-electron chi connectivity index (χ3n) is 9.10. The molecule has 216 valence electrons. The molecule has 2 atom stereocenters. The van der Waals surface area contributed by atoms with Crippen molar-refractivity contribution in [2.45, 2.75) is 77.0 Å². The number of piperidine rings is 1. The van der Waals surface area contributed by atoms with Crippen LogP contribution in [-0.4, -0.2) is 63.0 Å². The van der Waals surface area contributed by atoms with Gasteiger partial charge in [0.25, 0.3) is 0 Å². The van der Waals surface area contributed by atoms with E-state index >= 15 is 0 Å². The van der Waals surface area contributed by atoms with Gasteiger partial charge in [-0.1, -0.05) is 18.2 Å². The van der Waals surface area contributed by atoms with E-state index in [1.165, 1.54) is 30.7 Å². The SMILES string of the molecule is CC(=O)N1CCc2c(nc(C)n2C2C[C@H]3CC[C@H](C2)N3CCCN(C(=O)Nc2ccc(F)cc2)c2ccccc2)C1. The maximum absolute atomic E-state index is 13.4. The summed E-state index contributed by atoms with van der Waals surface area (Å²) in [6.07, 6.45) is 6.39. The molecule has 4 heterocycles. The van der Waals surface area contributed by atoms with Gasteiger partial charge in [0.05, 0.1) is 12.2 Å². The van der Waals surface area contributed by atoms with Gasteiger partial charge in [0.2, 0.25) is 5.91 Å². The van der Waals surface area contributed by atoms with E-state index in [0.717, 1.165) is 56.0 Å². The molecule has 3 aromatic rings. The number of imidazole rings is 1. The van der Waals surface area contributed by atoms with Gasteiger partial charge in [0.1, 0.15) is 11.6 Å². The van der Waals surface area contributed by atoms with Crippen LogP contribution < -0.4 is 10.2 Å². The summed E-state index contributed by atoms with van der Waals surface area (Å²) in [4.78, 5) is 36.4. The zero-order chi connectivity index (χ0) is 28.5. The number of nitrogens with zero attached hydrogens (tertiary/aromatic N) is 5. The zero-order valence-corrected chi connectivity index (χ0v) is 23.9. The monoisotopic (exact) mass is 558 g/mol. The summed E-state index contributed by atoms with van der Waals surface area (Å²) >= 11 is 0. The summed E-state index contributed by atoms with van der Waals surface area (Å²) in [6, 6.07) is 16.9. The lowest BCUT2D eigenvalue weighted by Gasteiger charge is -2.41. The van der Waals surface area contributed by atoms with Crippen molar-refractivity contribution in [3.63, 3.8) is 0 Å². The molecule has 3 aliphatic heterocycles. The Morgan fingerprint density at radius 1 is 1.02 bits per heavy atom. The highest BCUT2D eigenvalue weighted by Crippen LogP contribution is 2.42. The van der Waals surface area contributed by atoms with E-state index in [1.54, 1.807) is 24.0 Å². The number of aryl methyl sites for hydroxylation is 1. The molecular formula is C32H39FN6O2. The van der Waals surface area contributed by atoms with Crippen molar-refractivity contribution in [1.82, 2.24) is 19.4 Å². The molecule has 2 aromatic carbocycles. The zero-order valence-electron chi connectivity index (χ0n) is 23.9. The number of amides is 3. The van der Waals surface area contributed by atoms with Gasteiger partial charge in [-0.15, -0.1) is 0 Å². The third-order valence-corrected chi connectivity index (χ3v) is 9.10. The lowest BCUT2D eigenvalue weighted by atomic mass is 9.95. The summed E-state index contributed by atoms with van der Waals surface area (Å²) in [5, 5.41) is 2.92. The standard InChI is InChI=1S/C32H39FN6O2/c1-22-34-30-21-36(23(2)40)18-15-31(30)39(22)29-19-27-13-14-28(20-29)37(27)16-6-17-38(26-7-4-3-5-8-26)32(41)35-25-11-9-24(33)10-12-25/h3-5,7-12,27-29H,6,13-21H2,1-2H3,(H,35,41)/t27-,28-/m1/s1. The molecule has 2 fully saturated rings. The van der Waals surface area contributed by atoms with Crippen molar-refractivity contribution in [1.29, 1.82) is 0 Å². The van der Waals surface area contributed by atoms with Crippen LogP contribution >= 0.6 is 0 Å². The molecule has 0 saturated carbocycles. The Morgan fingerprint density at radius 3 is 2.41 bits per heavy atom. The van der Waals surface area contributed by atoms with Gasteiger partial charge in [-0.05, 0) is 75.4 Å². The summed E-state index contributed by atoms with van der Waals surface area (Å²) in [7, 11) is 0. The van der Waals surface area contributed by atoms with Crippen LogP contribution in [0.1, 0.15) is 62.3 Å². The fourth-order valence-corrected chi connectivity index (χ4v) is 7.21. The summed E-state index contributed by atoms with van der Waals surface area (Å²) in [6.45, 7) is 6.68. The minimum Gasteiger partial charge on any atom is -0.337 e. The van der Waals surface area contributed by atoms with Crippen molar-refractivity contribution in [3.8, 4) is 0 Å². The highest BCUT2D eigenvalue weighted by Gasteiger charge is 2.42. The van der Waals surface area contributed by atoms with E-state index in [0.29, 0.717) is 36.9 Å². The number of halogens is 1. The Morgan fingerprint density at radius 2 is 1.73 bits per heavy atom. The topological polar surface area (TPSA) is 73.7 Å². The van der Waals surface area contributed by atoms with E-state index < -0.39 is 0 Å². The van der Waals surface area contributed by atoms with Crippen molar-refractivity contribution in [3.05, 3.63) is 77.6 Å². The van der Waals surface area contributed by atoms with Gasteiger partial charge in [0, 0.05) is 68.2 Å². The van der Waals surface area contributed by atoms with Gasteiger partial charge in [-0.2, -0.15) is 0 Å².